The van der Waals surface area contributed by atoms with Crippen LogP contribution in [0.5, 0.6) is 0 Å². The number of carbonyl (C=O) groups is 2. The molecule has 1 aliphatic carbocycles. The molecule has 2 aromatic rings. The number of rotatable bonds is 9. The number of sulfone groups is 1. The Labute approximate surface area is 220 Å². The average Bonchev–Trinajstić information content (AvgIpc) is 3.24. The maximum Gasteiger partial charge on any atom is 0.227 e. The molecule has 2 amide bonds. The highest BCUT2D eigenvalue weighted by molar-refractivity contribution is 7.91. The molecule has 4 rings (SSSR count). The Morgan fingerprint density at radius 1 is 1.03 bits per heavy atom. The third kappa shape index (κ3) is 5.91. The van der Waals surface area contributed by atoms with E-state index in [4.69, 9.17) is 5.73 Å². The van der Waals surface area contributed by atoms with Crippen LogP contribution in [0.4, 0.5) is 0 Å². The van der Waals surface area contributed by atoms with Crippen LogP contribution in [0.1, 0.15) is 51.0 Å². The van der Waals surface area contributed by atoms with E-state index in [1.807, 2.05) is 35.2 Å². The van der Waals surface area contributed by atoms with E-state index >= 15 is 0 Å². The lowest BCUT2D eigenvalue weighted by Gasteiger charge is -2.44. The average molecular weight is 526 g/mol. The summed E-state index contributed by atoms with van der Waals surface area (Å²) in [4.78, 5) is 30.7. The fraction of sp³-hybridized carbons (Fsp3) is 0.517. The van der Waals surface area contributed by atoms with Crippen LogP contribution in [0.3, 0.4) is 0 Å². The van der Waals surface area contributed by atoms with Gasteiger partial charge in [0.2, 0.25) is 11.8 Å². The van der Waals surface area contributed by atoms with Gasteiger partial charge in [0, 0.05) is 24.7 Å². The van der Waals surface area contributed by atoms with Crippen molar-refractivity contribution in [3.8, 4) is 0 Å². The molecule has 37 heavy (non-hydrogen) atoms. The Kier molecular flexibility index (Phi) is 8.39. The topological polar surface area (TPSA) is 101 Å². The number of nitrogens with two attached hydrogens (primary N) is 1. The molecule has 5 atom stereocenters. The highest BCUT2D eigenvalue weighted by atomic mass is 32.2. The van der Waals surface area contributed by atoms with Crippen LogP contribution >= 0.6 is 0 Å². The van der Waals surface area contributed by atoms with Gasteiger partial charge in [0.05, 0.1) is 22.5 Å². The van der Waals surface area contributed by atoms with E-state index in [-0.39, 0.29) is 29.7 Å². The minimum Gasteiger partial charge on any atom is -0.369 e. The first kappa shape index (κ1) is 27.3. The number of hydrogen-bond donors (Lipinski definition) is 1. The second-order valence-corrected chi connectivity index (χ2v) is 12.9. The van der Waals surface area contributed by atoms with Crippen LogP contribution in [0.25, 0.3) is 0 Å². The van der Waals surface area contributed by atoms with E-state index in [1.54, 1.807) is 30.3 Å². The van der Waals surface area contributed by atoms with Crippen molar-refractivity contribution in [1.82, 2.24) is 9.80 Å². The molecule has 2 aromatic carbocycles. The molecule has 1 aliphatic heterocycles. The lowest BCUT2D eigenvalue weighted by Crippen LogP contribution is -2.52. The van der Waals surface area contributed by atoms with Crippen LogP contribution in [0.15, 0.2) is 65.6 Å². The molecule has 7 nitrogen and oxygen atoms in total. The fourth-order valence-electron chi connectivity index (χ4n) is 6.23. The molecule has 200 valence electrons. The van der Waals surface area contributed by atoms with Crippen molar-refractivity contribution >= 4 is 21.7 Å². The number of benzene rings is 2. The van der Waals surface area contributed by atoms with E-state index in [9.17, 15) is 18.0 Å². The second kappa shape index (κ2) is 11.4. The third-order valence-electron chi connectivity index (χ3n) is 8.39. The SMILES string of the molecule is CC(C)N(C)[C@@H]1CC[C@H](N2CC[C@@H](C(C(N)=O)c3ccccc3)C2=O)[C@H](CS(=O)(=O)c2ccccc2)C1. The summed E-state index contributed by atoms with van der Waals surface area (Å²) < 4.78 is 26.8. The van der Waals surface area contributed by atoms with Crippen molar-refractivity contribution in [2.45, 2.75) is 68.5 Å². The molecule has 0 radical (unpaired) electrons. The van der Waals surface area contributed by atoms with Crippen molar-refractivity contribution < 1.29 is 18.0 Å². The summed E-state index contributed by atoms with van der Waals surface area (Å²) in [6.45, 7) is 4.80. The van der Waals surface area contributed by atoms with Crippen molar-refractivity contribution in [2.24, 2.45) is 17.6 Å². The van der Waals surface area contributed by atoms with Gasteiger partial charge < -0.3 is 15.5 Å². The van der Waals surface area contributed by atoms with E-state index in [2.05, 4.69) is 25.8 Å². The zero-order valence-corrected chi connectivity index (χ0v) is 22.8. The van der Waals surface area contributed by atoms with Gasteiger partial charge in [-0.3, -0.25) is 9.59 Å². The van der Waals surface area contributed by atoms with Gasteiger partial charge in [0.25, 0.3) is 0 Å². The first-order valence-corrected chi connectivity index (χ1v) is 14.9. The lowest BCUT2D eigenvalue weighted by molar-refractivity contribution is -0.137. The van der Waals surface area contributed by atoms with E-state index in [0.29, 0.717) is 30.3 Å². The number of primary amides is 1. The third-order valence-corrected chi connectivity index (χ3v) is 10.2. The molecule has 1 heterocycles. The number of amides is 2. The molecule has 2 aliphatic rings. The van der Waals surface area contributed by atoms with Crippen molar-refractivity contribution in [1.29, 1.82) is 0 Å². The summed E-state index contributed by atoms with van der Waals surface area (Å²) in [7, 11) is -1.44. The first-order valence-electron chi connectivity index (χ1n) is 13.2. The maximum atomic E-state index is 13.8. The Morgan fingerprint density at radius 3 is 2.24 bits per heavy atom. The van der Waals surface area contributed by atoms with Gasteiger partial charge in [-0.2, -0.15) is 0 Å². The van der Waals surface area contributed by atoms with Gasteiger partial charge in [-0.15, -0.1) is 0 Å². The lowest BCUT2D eigenvalue weighted by atomic mass is 9.80. The Morgan fingerprint density at radius 2 is 1.65 bits per heavy atom. The normalized spacial score (nSPS) is 25.5. The predicted molar refractivity (Wildman–Crippen MR) is 145 cm³/mol. The quantitative estimate of drug-likeness (QED) is 0.540. The van der Waals surface area contributed by atoms with Crippen LogP contribution in [0.2, 0.25) is 0 Å². The molecular weight excluding hydrogens is 486 g/mol. The first-order chi connectivity index (χ1) is 17.6. The molecule has 1 unspecified atom stereocenters. The zero-order valence-electron chi connectivity index (χ0n) is 22.0. The standard InChI is InChI=1S/C29H39N3O4S/c1-20(2)31(3)23-14-15-26(22(18-23)19-37(35,36)24-12-8-5-9-13-24)32-17-16-25(29(32)34)27(28(30)33)21-10-6-4-7-11-21/h4-13,20,22-23,25-27H,14-19H2,1-3H3,(H2,30,33)/t22-,23+,25-,26-,27?/m0/s1. The summed E-state index contributed by atoms with van der Waals surface area (Å²) in [5.41, 5.74) is 6.55. The van der Waals surface area contributed by atoms with E-state index in [0.717, 1.165) is 18.4 Å². The van der Waals surface area contributed by atoms with Crippen LogP contribution in [-0.2, 0) is 19.4 Å². The van der Waals surface area contributed by atoms with Crippen molar-refractivity contribution in [3.63, 3.8) is 0 Å². The van der Waals surface area contributed by atoms with Crippen molar-refractivity contribution in [3.05, 3.63) is 66.2 Å². The van der Waals surface area contributed by atoms with Crippen LogP contribution in [0, 0.1) is 11.8 Å². The van der Waals surface area contributed by atoms with Crippen molar-refractivity contribution in [2.75, 3.05) is 19.3 Å². The number of likely N-dealkylation sites (tertiary alicyclic amines) is 1. The van der Waals surface area contributed by atoms with Gasteiger partial charge in [0.1, 0.15) is 0 Å². The largest absolute Gasteiger partial charge is 0.369 e. The molecular formula is C29H39N3O4S. The maximum absolute atomic E-state index is 13.8. The Balaban J connectivity index is 1.60. The highest BCUT2D eigenvalue weighted by Gasteiger charge is 2.47. The van der Waals surface area contributed by atoms with Gasteiger partial charge in [-0.05, 0) is 70.2 Å². The van der Waals surface area contributed by atoms with Gasteiger partial charge in [-0.1, -0.05) is 48.5 Å². The number of hydrogen-bond acceptors (Lipinski definition) is 5. The summed E-state index contributed by atoms with van der Waals surface area (Å²) in [5, 5.41) is 0. The van der Waals surface area contributed by atoms with E-state index < -0.39 is 27.6 Å². The van der Waals surface area contributed by atoms with Gasteiger partial charge in [-0.25, -0.2) is 8.42 Å². The molecule has 1 saturated carbocycles. The summed E-state index contributed by atoms with van der Waals surface area (Å²) >= 11 is 0. The van der Waals surface area contributed by atoms with Crippen LogP contribution in [-0.4, -0.2) is 67.5 Å². The minimum absolute atomic E-state index is 0.00348. The predicted octanol–water partition coefficient (Wildman–Crippen LogP) is 3.46. The monoisotopic (exact) mass is 525 g/mol. The summed E-state index contributed by atoms with van der Waals surface area (Å²) in [6, 6.07) is 18.2. The molecule has 1 saturated heterocycles. The molecule has 0 bridgehead atoms. The number of carbonyl (C=O) groups excluding carboxylic acids is 2. The van der Waals surface area contributed by atoms with Gasteiger partial charge in [0.15, 0.2) is 9.84 Å². The minimum atomic E-state index is -3.53. The molecule has 0 aromatic heterocycles. The Hall–Kier alpha value is -2.71. The fourth-order valence-corrected chi connectivity index (χ4v) is 7.91. The Bertz CT molecular complexity index is 1190. The second-order valence-electron chi connectivity index (χ2n) is 10.9. The van der Waals surface area contributed by atoms with Gasteiger partial charge >= 0.3 is 0 Å². The smallest absolute Gasteiger partial charge is 0.227 e. The summed E-state index contributed by atoms with van der Waals surface area (Å²) in [5.74, 6) is -2.00. The number of nitrogens with zero attached hydrogens (tertiary/aromatic N) is 2. The molecule has 0 spiro atoms. The summed E-state index contributed by atoms with van der Waals surface area (Å²) in [6.07, 6.45) is 2.87. The molecule has 2 fully saturated rings. The van der Waals surface area contributed by atoms with E-state index in [1.165, 1.54) is 0 Å². The molecule has 8 heteroatoms. The zero-order chi connectivity index (χ0) is 26.7. The molecule has 2 N–H and O–H groups in total. The van der Waals surface area contributed by atoms with Crippen LogP contribution < -0.4 is 5.73 Å². The highest BCUT2D eigenvalue weighted by Crippen LogP contribution is 2.40.